The monoisotopic (exact) mass is 110 g/mol. The predicted molar refractivity (Wildman–Crippen MR) is 30.2 cm³/mol. The van der Waals surface area contributed by atoms with Crippen molar-refractivity contribution < 1.29 is 4.79 Å². The molecule has 0 spiro atoms. The minimum atomic E-state index is 0.659. The summed E-state index contributed by atoms with van der Waals surface area (Å²) in [4.78, 5) is 9.92. The van der Waals surface area contributed by atoms with Gasteiger partial charge in [0.05, 0.1) is 0 Å². The maximum Gasteiger partial charge on any atom is 0.234 e. The van der Waals surface area contributed by atoms with Crippen molar-refractivity contribution in [1.82, 2.24) is 5.01 Å². The summed E-state index contributed by atoms with van der Waals surface area (Å²) >= 11 is 0. The van der Waals surface area contributed by atoms with Crippen molar-refractivity contribution in [3.63, 3.8) is 0 Å². The van der Waals surface area contributed by atoms with Crippen LogP contribution in [-0.4, -0.2) is 17.6 Å². The number of allylic oxidation sites excluding steroid dienone is 1. The summed E-state index contributed by atoms with van der Waals surface area (Å²) in [5.74, 6) is 0. The van der Waals surface area contributed by atoms with E-state index < -0.39 is 0 Å². The Morgan fingerprint density at radius 2 is 2.62 bits per heavy atom. The van der Waals surface area contributed by atoms with E-state index in [1.165, 1.54) is 5.01 Å². The summed E-state index contributed by atoms with van der Waals surface area (Å²) in [6.07, 6.45) is 6.65. The van der Waals surface area contributed by atoms with Gasteiger partial charge < -0.3 is 0 Å². The molecular weight excluding hydrogens is 104 g/mol. The molecule has 0 radical (unpaired) electrons. The highest BCUT2D eigenvalue weighted by atomic mass is 16.1. The third-order valence-electron chi connectivity index (χ3n) is 0.823. The van der Waals surface area contributed by atoms with Crippen LogP contribution in [0.15, 0.2) is 17.4 Å². The van der Waals surface area contributed by atoms with Gasteiger partial charge in [0.25, 0.3) is 0 Å². The maximum atomic E-state index is 9.92. The van der Waals surface area contributed by atoms with Gasteiger partial charge in [-0.3, -0.25) is 4.79 Å². The third-order valence-corrected chi connectivity index (χ3v) is 0.823. The van der Waals surface area contributed by atoms with Crippen molar-refractivity contribution in [1.29, 1.82) is 0 Å². The summed E-state index contributed by atoms with van der Waals surface area (Å²) in [5, 5.41) is 4.93. The van der Waals surface area contributed by atoms with E-state index in [0.29, 0.717) is 6.41 Å². The first-order valence-electron chi connectivity index (χ1n) is 2.36. The Bertz CT molecular complexity index is 127. The molecule has 0 saturated carbocycles. The number of hydrogen-bond donors (Lipinski definition) is 0. The predicted octanol–water partition coefficient (Wildman–Crippen LogP) is 0.348. The standard InChI is InChI=1S/C5H6N2O/c8-5-7-4-2-1-3-6-7/h2-5H,1H2. The molecule has 1 heterocycles. The van der Waals surface area contributed by atoms with Crippen LogP contribution in [0.2, 0.25) is 0 Å². The van der Waals surface area contributed by atoms with E-state index in [2.05, 4.69) is 5.10 Å². The zero-order valence-electron chi connectivity index (χ0n) is 4.32. The molecule has 1 aliphatic heterocycles. The lowest BCUT2D eigenvalue weighted by Gasteiger charge is -2.05. The van der Waals surface area contributed by atoms with Crippen LogP contribution in [0.1, 0.15) is 6.42 Å². The second-order valence-electron chi connectivity index (χ2n) is 1.40. The molecule has 1 aliphatic rings. The molecule has 0 atom stereocenters. The molecule has 8 heavy (non-hydrogen) atoms. The molecule has 0 aromatic rings. The second kappa shape index (κ2) is 2.26. The molecule has 0 bridgehead atoms. The normalized spacial score (nSPS) is 16.8. The van der Waals surface area contributed by atoms with Crippen molar-refractivity contribution in [3.05, 3.63) is 12.3 Å². The van der Waals surface area contributed by atoms with Crippen LogP contribution >= 0.6 is 0 Å². The van der Waals surface area contributed by atoms with Crippen LogP contribution in [0, 0.1) is 0 Å². The zero-order valence-corrected chi connectivity index (χ0v) is 4.32. The van der Waals surface area contributed by atoms with E-state index in [9.17, 15) is 4.79 Å². The van der Waals surface area contributed by atoms with Crippen molar-refractivity contribution in [3.8, 4) is 0 Å². The first kappa shape index (κ1) is 5.03. The van der Waals surface area contributed by atoms with E-state index in [1.54, 1.807) is 12.4 Å². The van der Waals surface area contributed by atoms with Gasteiger partial charge in [-0.1, -0.05) is 6.08 Å². The molecule has 0 aromatic heterocycles. The zero-order chi connectivity index (χ0) is 5.82. The number of hydrogen-bond acceptors (Lipinski definition) is 2. The molecule has 1 rings (SSSR count). The lowest BCUT2D eigenvalue weighted by molar-refractivity contribution is -0.115. The highest BCUT2D eigenvalue weighted by molar-refractivity contribution is 5.63. The Kier molecular flexibility index (Phi) is 1.42. The molecule has 3 heteroatoms. The largest absolute Gasteiger partial charge is 0.276 e. The number of hydrazone groups is 1. The number of amides is 1. The van der Waals surface area contributed by atoms with Gasteiger partial charge in [0.15, 0.2) is 0 Å². The summed E-state index contributed by atoms with van der Waals surface area (Å²) in [6.45, 7) is 0. The van der Waals surface area contributed by atoms with Gasteiger partial charge in [0.2, 0.25) is 6.41 Å². The number of carbonyl (C=O) groups excluding carboxylic acids is 1. The summed E-state index contributed by atoms with van der Waals surface area (Å²) in [5.41, 5.74) is 0. The fourth-order valence-corrected chi connectivity index (χ4v) is 0.472. The molecular formula is C5H6N2O. The van der Waals surface area contributed by atoms with Gasteiger partial charge in [0, 0.05) is 18.8 Å². The number of carbonyl (C=O) groups is 1. The highest BCUT2D eigenvalue weighted by Gasteiger charge is 1.91. The van der Waals surface area contributed by atoms with Gasteiger partial charge >= 0.3 is 0 Å². The Balaban J connectivity index is 2.54. The Morgan fingerprint density at radius 1 is 1.75 bits per heavy atom. The van der Waals surface area contributed by atoms with Crippen LogP contribution in [0.5, 0.6) is 0 Å². The highest BCUT2D eigenvalue weighted by Crippen LogP contribution is 1.93. The summed E-state index contributed by atoms with van der Waals surface area (Å²) in [6, 6.07) is 0. The van der Waals surface area contributed by atoms with Gasteiger partial charge in [-0.25, -0.2) is 5.01 Å². The molecule has 0 unspecified atom stereocenters. The number of rotatable bonds is 1. The topological polar surface area (TPSA) is 32.7 Å². The molecule has 0 aliphatic carbocycles. The van der Waals surface area contributed by atoms with Crippen LogP contribution in [0.25, 0.3) is 0 Å². The fraction of sp³-hybridized carbons (Fsp3) is 0.200. The lowest BCUT2D eigenvalue weighted by atomic mass is 10.4. The molecule has 42 valence electrons. The maximum absolute atomic E-state index is 9.92. The van der Waals surface area contributed by atoms with Gasteiger partial charge in [-0.2, -0.15) is 5.10 Å². The van der Waals surface area contributed by atoms with E-state index in [-0.39, 0.29) is 0 Å². The molecule has 0 aromatic carbocycles. The minimum absolute atomic E-state index is 0.659. The minimum Gasteiger partial charge on any atom is -0.276 e. The number of nitrogens with zero attached hydrogens (tertiary/aromatic N) is 2. The van der Waals surface area contributed by atoms with E-state index in [4.69, 9.17) is 0 Å². The van der Waals surface area contributed by atoms with Crippen molar-refractivity contribution in [2.24, 2.45) is 5.10 Å². The quantitative estimate of drug-likeness (QED) is 0.448. The van der Waals surface area contributed by atoms with Gasteiger partial charge in [-0.15, -0.1) is 0 Å². The Labute approximate surface area is 47.3 Å². The second-order valence-corrected chi connectivity index (χ2v) is 1.40. The Morgan fingerprint density at radius 3 is 3.00 bits per heavy atom. The molecule has 0 fully saturated rings. The van der Waals surface area contributed by atoms with Crippen LogP contribution in [-0.2, 0) is 4.79 Å². The van der Waals surface area contributed by atoms with Crippen molar-refractivity contribution in [2.75, 3.05) is 0 Å². The molecule has 0 saturated heterocycles. The molecule has 1 amide bonds. The molecule has 3 nitrogen and oxygen atoms in total. The summed E-state index contributed by atoms with van der Waals surface area (Å²) < 4.78 is 0. The lowest BCUT2D eigenvalue weighted by Crippen LogP contribution is -2.08. The SMILES string of the molecule is O=CN1C=CCC=N1. The Hall–Kier alpha value is -1.12. The van der Waals surface area contributed by atoms with E-state index in [1.807, 2.05) is 6.08 Å². The van der Waals surface area contributed by atoms with Crippen molar-refractivity contribution in [2.45, 2.75) is 6.42 Å². The smallest absolute Gasteiger partial charge is 0.234 e. The van der Waals surface area contributed by atoms with Gasteiger partial charge in [0.1, 0.15) is 0 Å². The third kappa shape index (κ3) is 0.932. The van der Waals surface area contributed by atoms with Gasteiger partial charge in [-0.05, 0) is 0 Å². The fourth-order valence-electron chi connectivity index (χ4n) is 0.472. The van der Waals surface area contributed by atoms with Crippen LogP contribution in [0.3, 0.4) is 0 Å². The first-order chi connectivity index (χ1) is 3.93. The van der Waals surface area contributed by atoms with Crippen LogP contribution in [0.4, 0.5) is 0 Å². The first-order valence-corrected chi connectivity index (χ1v) is 2.36. The average Bonchev–Trinajstić information content (AvgIpc) is 1.90. The average molecular weight is 110 g/mol. The van der Waals surface area contributed by atoms with Crippen molar-refractivity contribution >= 4 is 12.6 Å². The van der Waals surface area contributed by atoms with Crippen LogP contribution < -0.4 is 0 Å². The summed E-state index contributed by atoms with van der Waals surface area (Å²) in [7, 11) is 0. The molecule has 0 N–H and O–H groups in total. The van der Waals surface area contributed by atoms with E-state index in [0.717, 1.165) is 6.42 Å². The van der Waals surface area contributed by atoms with E-state index >= 15 is 0 Å².